The van der Waals surface area contributed by atoms with Crippen LogP contribution in [0.4, 0.5) is 0 Å². The summed E-state index contributed by atoms with van der Waals surface area (Å²) in [7, 11) is 0. The van der Waals surface area contributed by atoms with Crippen LogP contribution in [-0.2, 0) is 17.6 Å². The number of aryl methyl sites for hydroxylation is 2. The molecule has 1 amide bonds. The van der Waals surface area contributed by atoms with Crippen LogP contribution in [0, 0.1) is 13.8 Å². The van der Waals surface area contributed by atoms with Gasteiger partial charge in [-0.15, -0.1) is 5.10 Å². The fraction of sp³-hybridized carbons (Fsp3) is 0.235. The Morgan fingerprint density at radius 1 is 1.08 bits per heavy atom. The molecule has 122 valence electrons. The SMILES string of the molecule is Cc1cc(-n2nc(CC(N)=O)nc2C)nc(Cc2ccccc2)n1. The Kier molecular flexibility index (Phi) is 4.33. The van der Waals surface area contributed by atoms with Crippen molar-refractivity contribution in [2.75, 3.05) is 0 Å². The molecule has 0 spiro atoms. The fourth-order valence-electron chi connectivity index (χ4n) is 2.47. The molecule has 0 aliphatic rings. The Hall–Kier alpha value is -3.09. The van der Waals surface area contributed by atoms with E-state index >= 15 is 0 Å². The number of carbonyl (C=O) groups excluding carboxylic acids is 1. The van der Waals surface area contributed by atoms with E-state index in [1.807, 2.05) is 50.2 Å². The highest BCUT2D eigenvalue weighted by atomic mass is 16.1. The Labute approximate surface area is 139 Å². The Balaban J connectivity index is 1.94. The van der Waals surface area contributed by atoms with Gasteiger partial charge in [-0.05, 0) is 19.4 Å². The molecule has 0 aliphatic carbocycles. The first-order chi connectivity index (χ1) is 11.5. The number of benzene rings is 1. The van der Waals surface area contributed by atoms with Crippen molar-refractivity contribution in [2.45, 2.75) is 26.7 Å². The van der Waals surface area contributed by atoms with E-state index in [1.165, 1.54) is 0 Å². The van der Waals surface area contributed by atoms with Crippen molar-refractivity contribution in [1.82, 2.24) is 24.7 Å². The minimum atomic E-state index is -0.462. The lowest BCUT2D eigenvalue weighted by molar-refractivity contribution is -0.117. The van der Waals surface area contributed by atoms with E-state index in [4.69, 9.17) is 5.73 Å². The highest BCUT2D eigenvalue weighted by Crippen LogP contribution is 2.12. The number of nitrogens with two attached hydrogens (primary N) is 1. The monoisotopic (exact) mass is 322 g/mol. The van der Waals surface area contributed by atoms with E-state index < -0.39 is 5.91 Å². The third kappa shape index (κ3) is 3.62. The largest absolute Gasteiger partial charge is 0.369 e. The molecule has 2 aromatic heterocycles. The summed E-state index contributed by atoms with van der Waals surface area (Å²) in [5.74, 6) is 1.92. The number of aromatic nitrogens is 5. The van der Waals surface area contributed by atoms with Gasteiger partial charge in [0.15, 0.2) is 11.6 Å². The third-order valence-corrected chi connectivity index (χ3v) is 3.45. The summed E-state index contributed by atoms with van der Waals surface area (Å²) >= 11 is 0. The van der Waals surface area contributed by atoms with Gasteiger partial charge in [0.25, 0.3) is 0 Å². The molecule has 1 aromatic carbocycles. The van der Waals surface area contributed by atoms with Crippen LogP contribution < -0.4 is 5.73 Å². The Morgan fingerprint density at radius 3 is 2.54 bits per heavy atom. The summed E-state index contributed by atoms with van der Waals surface area (Å²) in [6, 6.07) is 11.9. The van der Waals surface area contributed by atoms with Gasteiger partial charge >= 0.3 is 0 Å². The van der Waals surface area contributed by atoms with Crippen LogP contribution in [0.5, 0.6) is 0 Å². The molecular formula is C17H18N6O. The molecule has 3 rings (SSSR count). The molecule has 0 aliphatic heterocycles. The first-order valence-electron chi connectivity index (χ1n) is 7.61. The van der Waals surface area contributed by atoms with E-state index in [9.17, 15) is 4.79 Å². The van der Waals surface area contributed by atoms with Crippen molar-refractivity contribution >= 4 is 5.91 Å². The number of carbonyl (C=O) groups is 1. The molecule has 0 atom stereocenters. The molecule has 0 saturated carbocycles. The van der Waals surface area contributed by atoms with E-state index in [2.05, 4.69) is 20.1 Å². The fourth-order valence-corrected chi connectivity index (χ4v) is 2.47. The van der Waals surface area contributed by atoms with Gasteiger partial charge in [0.05, 0.1) is 6.42 Å². The summed E-state index contributed by atoms with van der Waals surface area (Å²) in [5.41, 5.74) is 7.19. The normalized spacial score (nSPS) is 10.8. The van der Waals surface area contributed by atoms with Crippen molar-refractivity contribution < 1.29 is 4.79 Å². The maximum absolute atomic E-state index is 11.0. The zero-order valence-corrected chi connectivity index (χ0v) is 13.6. The summed E-state index contributed by atoms with van der Waals surface area (Å²) in [6.45, 7) is 3.72. The molecular weight excluding hydrogens is 304 g/mol. The van der Waals surface area contributed by atoms with Gasteiger partial charge in [-0.2, -0.15) is 4.68 Å². The van der Waals surface area contributed by atoms with Gasteiger partial charge in [-0.1, -0.05) is 30.3 Å². The minimum absolute atomic E-state index is 0.00871. The lowest BCUT2D eigenvalue weighted by atomic mass is 10.1. The highest BCUT2D eigenvalue weighted by molar-refractivity contribution is 5.75. The number of nitrogens with zero attached hydrogens (tertiary/aromatic N) is 5. The molecule has 0 saturated heterocycles. The van der Waals surface area contributed by atoms with E-state index in [0.29, 0.717) is 29.7 Å². The maximum atomic E-state index is 11.0. The van der Waals surface area contributed by atoms with Gasteiger partial charge in [0, 0.05) is 18.2 Å². The van der Waals surface area contributed by atoms with Crippen LogP contribution in [0.2, 0.25) is 0 Å². The quantitative estimate of drug-likeness (QED) is 0.763. The smallest absolute Gasteiger partial charge is 0.225 e. The first-order valence-corrected chi connectivity index (χ1v) is 7.61. The highest BCUT2D eigenvalue weighted by Gasteiger charge is 2.13. The summed E-state index contributed by atoms with van der Waals surface area (Å²) < 4.78 is 1.61. The van der Waals surface area contributed by atoms with E-state index in [1.54, 1.807) is 4.68 Å². The molecule has 0 radical (unpaired) electrons. The number of hydrogen-bond donors (Lipinski definition) is 1. The van der Waals surface area contributed by atoms with Gasteiger partial charge in [0.1, 0.15) is 11.6 Å². The van der Waals surface area contributed by atoms with Crippen molar-refractivity contribution in [3.63, 3.8) is 0 Å². The van der Waals surface area contributed by atoms with Crippen molar-refractivity contribution in [3.8, 4) is 5.82 Å². The molecule has 0 fully saturated rings. The minimum Gasteiger partial charge on any atom is -0.369 e. The Bertz CT molecular complexity index is 872. The topological polar surface area (TPSA) is 99.6 Å². The summed E-state index contributed by atoms with van der Waals surface area (Å²) in [6.07, 6.45) is 0.645. The van der Waals surface area contributed by atoms with Crippen LogP contribution >= 0.6 is 0 Å². The van der Waals surface area contributed by atoms with Gasteiger partial charge in [0.2, 0.25) is 5.91 Å². The average molecular weight is 322 g/mol. The lowest BCUT2D eigenvalue weighted by Crippen LogP contribution is -2.15. The van der Waals surface area contributed by atoms with Gasteiger partial charge < -0.3 is 5.73 Å². The third-order valence-electron chi connectivity index (χ3n) is 3.45. The number of rotatable bonds is 5. The second-order valence-electron chi connectivity index (χ2n) is 5.58. The molecule has 0 bridgehead atoms. The van der Waals surface area contributed by atoms with E-state index in [-0.39, 0.29) is 6.42 Å². The predicted octanol–water partition coefficient (Wildman–Crippen LogP) is 1.29. The molecule has 0 unspecified atom stereocenters. The van der Waals surface area contributed by atoms with E-state index in [0.717, 1.165) is 11.3 Å². The lowest BCUT2D eigenvalue weighted by Gasteiger charge is -2.07. The van der Waals surface area contributed by atoms with Crippen LogP contribution in [0.15, 0.2) is 36.4 Å². The Morgan fingerprint density at radius 2 is 1.83 bits per heavy atom. The average Bonchev–Trinajstić information content (AvgIpc) is 2.87. The van der Waals surface area contributed by atoms with Crippen LogP contribution in [-0.4, -0.2) is 30.6 Å². The molecule has 2 N–H and O–H groups in total. The van der Waals surface area contributed by atoms with Crippen LogP contribution in [0.25, 0.3) is 5.82 Å². The summed E-state index contributed by atoms with van der Waals surface area (Å²) in [5, 5.41) is 4.32. The molecule has 3 aromatic rings. The zero-order chi connectivity index (χ0) is 17.1. The first kappa shape index (κ1) is 15.8. The maximum Gasteiger partial charge on any atom is 0.225 e. The number of primary amides is 1. The van der Waals surface area contributed by atoms with Crippen LogP contribution in [0.1, 0.15) is 28.7 Å². The second-order valence-corrected chi connectivity index (χ2v) is 5.58. The van der Waals surface area contributed by atoms with Crippen molar-refractivity contribution in [2.24, 2.45) is 5.73 Å². The van der Waals surface area contributed by atoms with Crippen LogP contribution in [0.3, 0.4) is 0 Å². The van der Waals surface area contributed by atoms with Gasteiger partial charge in [-0.3, -0.25) is 4.79 Å². The standard InChI is InChI=1S/C17H18N6O/c1-11-8-17(23-12(2)20-16(22-23)10-14(18)24)21-15(19-11)9-13-6-4-3-5-7-13/h3-8H,9-10H2,1-2H3,(H2,18,24). The zero-order valence-electron chi connectivity index (χ0n) is 13.6. The number of amides is 1. The van der Waals surface area contributed by atoms with Crippen molar-refractivity contribution in [1.29, 1.82) is 0 Å². The molecule has 7 nitrogen and oxygen atoms in total. The molecule has 2 heterocycles. The second kappa shape index (κ2) is 6.57. The predicted molar refractivity (Wildman–Crippen MR) is 88.6 cm³/mol. The van der Waals surface area contributed by atoms with Gasteiger partial charge in [-0.25, -0.2) is 15.0 Å². The molecule has 7 heteroatoms. The van der Waals surface area contributed by atoms with Crippen molar-refractivity contribution in [3.05, 3.63) is 65.1 Å². The number of hydrogen-bond acceptors (Lipinski definition) is 5. The molecule has 24 heavy (non-hydrogen) atoms. The summed E-state index contributed by atoms with van der Waals surface area (Å²) in [4.78, 5) is 24.4.